The van der Waals surface area contributed by atoms with E-state index in [0.29, 0.717) is 24.6 Å². The second kappa shape index (κ2) is 8.31. The van der Waals surface area contributed by atoms with Gasteiger partial charge in [-0.1, -0.05) is 0 Å². The molecule has 0 aromatic heterocycles. The van der Waals surface area contributed by atoms with E-state index in [0.717, 1.165) is 6.42 Å². The quantitative estimate of drug-likeness (QED) is 0.701. The van der Waals surface area contributed by atoms with Crippen LogP contribution in [0.1, 0.15) is 6.42 Å². The van der Waals surface area contributed by atoms with Gasteiger partial charge < -0.3 is 20.1 Å². The molecule has 1 rings (SSSR count). The average molecular weight is 270 g/mol. The maximum absolute atomic E-state index is 13.0. The summed E-state index contributed by atoms with van der Waals surface area (Å²) < 4.78 is 22.9. The zero-order valence-electron chi connectivity index (χ0n) is 11.2. The molecule has 0 aliphatic rings. The summed E-state index contributed by atoms with van der Waals surface area (Å²) in [5.41, 5.74) is 0.580. The molecule has 0 radical (unpaired) electrons. The van der Waals surface area contributed by atoms with Gasteiger partial charge in [-0.05, 0) is 18.6 Å². The van der Waals surface area contributed by atoms with Crippen LogP contribution in [0.3, 0.4) is 0 Å². The highest BCUT2D eigenvalue weighted by Gasteiger charge is 2.06. The van der Waals surface area contributed by atoms with Gasteiger partial charge in [-0.15, -0.1) is 0 Å². The normalized spacial score (nSPS) is 10.1. The molecule has 0 unspecified atom stereocenters. The minimum atomic E-state index is -0.383. The fourth-order valence-corrected chi connectivity index (χ4v) is 1.49. The number of amides is 1. The van der Waals surface area contributed by atoms with Gasteiger partial charge in [0.1, 0.15) is 11.6 Å². The fourth-order valence-electron chi connectivity index (χ4n) is 1.49. The van der Waals surface area contributed by atoms with Gasteiger partial charge >= 0.3 is 0 Å². The molecular formula is C13H19FN2O3. The van der Waals surface area contributed by atoms with Crippen molar-refractivity contribution in [3.63, 3.8) is 0 Å². The first kappa shape index (κ1) is 15.2. The lowest BCUT2D eigenvalue weighted by Crippen LogP contribution is -2.31. The van der Waals surface area contributed by atoms with E-state index >= 15 is 0 Å². The van der Waals surface area contributed by atoms with Gasteiger partial charge in [0, 0.05) is 26.3 Å². The van der Waals surface area contributed by atoms with Crippen LogP contribution >= 0.6 is 0 Å². The molecule has 1 aromatic rings. The summed E-state index contributed by atoms with van der Waals surface area (Å²) in [4.78, 5) is 11.5. The van der Waals surface area contributed by atoms with Crippen molar-refractivity contribution in [2.45, 2.75) is 6.42 Å². The molecule has 1 aromatic carbocycles. The second-order valence-electron chi connectivity index (χ2n) is 3.89. The second-order valence-corrected chi connectivity index (χ2v) is 3.89. The van der Waals surface area contributed by atoms with Gasteiger partial charge in [-0.25, -0.2) is 4.39 Å². The fraction of sp³-hybridized carbons (Fsp3) is 0.462. The number of hydrogen-bond donors (Lipinski definition) is 2. The van der Waals surface area contributed by atoms with Crippen molar-refractivity contribution in [2.75, 3.05) is 39.2 Å². The number of halogens is 1. The standard InChI is InChI=1S/C13H19FN2O3/c1-18-7-3-6-15-13(17)9-16-11-5-4-10(14)8-12(11)19-2/h4-5,8,16H,3,6-7,9H2,1-2H3,(H,15,17). The molecule has 0 aliphatic heterocycles. The summed E-state index contributed by atoms with van der Waals surface area (Å²) in [5.74, 6) is -0.152. The molecule has 0 spiro atoms. The first-order chi connectivity index (χ1) is 9.17. The van der Waals surface area contributed by atoms with Crippen LogP contribution < -0.4 is 15.4 Å². The van der Waals surface area contributed by atoms with E-state index in [9.17, 15) is 9.18 Å². The molecule has 0 bridgehead atoms. The summed E-state index contributed by atoms with van der Waals surface area (Å²) in [6.07, 6.45) is 0.766. The third-order valence-corrected chi connectivity index (χ3v) is 2.45. The van der Waals surface area contributed by atoms with Crippen LogP contribution in [-0.4, -0.2) is 39.8 Å². The van der Waals surface area contributed by atoms with E-state index in [-0.39, 0.29) is 18.3 Å². The van der Waals surface area contributed by atoms with Gasteiger partial charge in [-0.3, -0.25) is 4.79 Å². The highest BCUT2D eigenvalue weighted by molar-refractivity contribution is 5.81. The molecule has 0 aliphatic carbocycles. The molecule has 0 saturated heterocycles. The van der Waals surface area contributed by atoms with Crippen LogP contribution in [0, 0.1) is 5.82 Å². The molecule has 6 heteroatoms. The van der Waals surface area contributed by atoms with Gasteiger partial charge in [0.05, 0.1) is 19.3 Å². The number of methoxy groups -OCH3 is 2. The molecule has 2 N–H and O–H groups in total. The lowest BCUT2D eigenvalue weighted by Gasteiger charge is -2.11. The molecule has 0 fully saturated rings. The van der Waals surface area contributed by atoms with Gasteiger partial charge in [0.2, 0.25) is 5.91 Å². The zero-order chi connectivity index (χ0) is 14.1. The van der Waals surface area contributed by atoms with Crippen LogP contribution in [0.5, 0.6) is 5.75 Å². The Morgan fingerprint density at radius 3 is 2.84 bits per heavy atom. The third-order valence-electron chi connectivity index (χ3n) is 2.45. The topological polar surface area (TPSA) is 59.6 Å². The summed E-state index contributed by atoms with van der Waals surface area (Å²) in [5, 5.41) is 5.64. The number of ether oxygens (including phenoxy) is 2. The largest absolute Gasteiger partial charge is 0.494 e. The lowest BCUT2D eigenvalue weighted by molar-refractivity contribution is -0.119. The first-order valence-corrected chi connectivity index (χ1v) is 6.00. The Kier molecular flexibility index (Phi) is 6.67. The van der Waals surface area contributed by atoms with Crippen LogP contribution in [0.15, 0.2) is 18.2 Å². The number of rotatable bonds is 8. The van der Waals surface area contributed by atoms with E-state index in [2.05, 4.69) is 10.6 Å². The number of carbonyl (C=O) groups is 1. The molecule has 1 amide bonds. The Bertz CT molecular complexity index is 413. The lowest BCUT2D eigenvalue weighted by atomic mass is 10.3. The number of benzene rings is 1. The molecule has 0 atom stereocenters. The Balaban J connectivity index is 2.37. The predicted molar refractivity (Wildman–Crippen MR) is 70.9 cm³/mol. The van der Waals surface area contributed by atoms with Crippen molar-refractivity contribution in [3.8, 4) is 5.75 Å². The van der Waals surface area contributed by atoms with Gasteiger partial charge in [-0.2, -0.15) is 0 Å². The van der Waals surface area contributed by atoms with Crippen LogP contribution in [0.2, 0.25) is 0 Å². The highest BCUT2D eigenvalue weighted by atomic mass is 19.1. The van der Waals surface area contributed by atoms with Crippen LogP contribution in [0.4, 0.5) is 10.1 Å². The number of carbonyl (C=O) groups excluding carboxylic acids is 1. The van der Waals surface area contributed by atoms with Crippen molar-refractivity contribution >= 4 is 11.6 Å². The first-order valence-electron chi connectivity index (χ1n) is 6.00. The Morgan fingerprint density at radius 1 is 1.37 bits per heavy atom. The Hall–Kier alpha value is -1.82. The summed E-state index contributed by atoms with van der Waals surface area (Å²) in [6.45, 7) is 1.28. The van der Waals surface area contributed by atoms with E-state index in [4.69, 9.17) is 9.47 Å². The van der Waals surface area contributed by atoms with E-state index in [1.165, 1.54) is 25.3 Å². The maximum atomic E-state index is 13.0. The minimum Gasteiger partial charge on any atom is -0.494 e. The van der Waals surface area contributed by atoms with Crippen molar-refractivity contribution in [2.24, 2.45) is 0 Å². The molecule has 5 nitrogen and oxygen atoms in total. The Morgan fingerprint density at radius 2 is 2.16 bits per heavy atom. The highest BCUT2D eigenvalue weighted by Crippen LogP contribution is 2.24. The van der Waals surface area contributed by atoms with Crippen molar-refractivity contribution in [3.05, 3.63) is 24.0 Å². The summed E-state index contributed by atoms with van der Waals surface area (Å²) in [6, 6.07) is 4.10. The molecule has 19 heavy (non-hydrogen) atoms. The summed E-state index contributed by atoms with van der Waals surface area (Å²) in [7, 11) is 3.06. The van der Waals surface area contributed by atoms with E-state index in [1.54, 1.807) is 7.11 Å². The predicted octanol–water partition coefficient (Wildman–Crippen LogP) is 1.40. The van der Waals surface area contributed by atoms with E-state index < -0.39 is 0 Å². The SMILES string of the molecule is COCCCNC(=O)CNc1ccc(F)cc1OC. The number of hydrogen-bond acceptors (Lipinski definition) is 4. The number of nitrogens with one attached hydrogen (secondary N) is 2. The molecule has 106 valence electrons. The number of anilines is 1. The molecular weight excluding hydrogens is 251 g/mol. The van der Waals surface area contributed by atoms with Crippen molar-refractivity contribution in [1.29, 1.82) is 0 Å². The van der Waals surface area contributed by atoms with E-state index in [1.807, 2.05) is 0 Å². The van der Waals surface area contributed by atoms with Gasteiger partial charge in [0.25, 0.3) is 0 Å². The van der Waals surface area contributed by atoms with Crippen molar-refractivity contribution < 1.29 is 18.7 Å². The Labute approximate surface area is 112 Å². The average Bonchev–Trinajstić information content (AvgIpc) is 2.42. The smallest absolute Gasteiger partial charge is 0.239 e. The molecule has 0 heterocycles. The monoisotopic (exact) mass is 270 g/mol. The van der Waals surface area contributed by atoms with Gasteiger partial charge in [0.15, 0.2) is 0 Å². The molecule has 0 saturated carbocycles. The van der Waals surface area contributed by atoms with Crippen LogP contribution in [-0.2, 0) is 9.53 Å². The van der Waals surface area contributed by atoms with Crippen molar-refractivity contribution in [1.82, 2.24) is 5.32 Å². The third kappa shape index (κ3) is 5.56. The zero-order valence-corrected chi connectivity index (χ0v) is 11.2. The van der Waals surface area contributed by atoms with Crippen LogP contribution in [0.25, 0.3) is 0 Å². The maximum Gasteiger partial charge on any atom is 0.239 e. The minimum absolute atomic E-state index is 0.106. The summed E-state index contributed by atoms with van der Waals surface area (Å²) >= 11 is 0.